The van der Waals surface area contributed by atoms with Crippen LogP contribution in [0.4, 0.5) is 0 Å². The minimum absolute atomic E-state index is 0.665. The Labute approximate surface area is 91.2 Å². The van der Waals surface area contributed by atoms with Gasteiger partial charge in [-0.25, -0.2) is 0 Å². The predicted octanol–water partition coefficient (Wildman–Crippen LogP) is 4.45. The minimum atomic E-state index is 0.665. The number of allylic oxidation sites excluding steroid dienone is 4. The van der Waals surface area contributed by atoms with Gasteiger partial charge in [-0.15, -0.1) is 11.8 Å². The molecule has 1 heteroatoms. The second-order valence-electron chi connectivity index (χ2n) is 3.99. The highest BCUT2D eigenvalue weighted by Gasteiger charge is 2.25. The topological polar surface area (TPSA) is 0 Å². The van der Waals surface area contributed by atoms with Crippen molar-refractivity contribution in [3.63, 3.8) is 0 Å². The number of hydrogen-bond acceptors (Lipinski definition) is 1. The molecule has 0 amide bonds. The summed E-state index contributed by atoms with van der Waals surface area (Å²) < 4.78 is 0. The molecule has 14 heavy (non-hydrogen) atoms. The van der Waals surface area contributed by atoms with Crippen LogP contribution >= 0.6 is 11.8 Å². The van der Waals surface area contributed by atoms with E-state index in [0.29, 0.717) is 5.25 Å². The van der Waals surface area contributed by atoms with Crippen LogP contribution in [0.5, 0.6) is 0 Å². The number of rotatable bonds is 4. The van der Waals surface area contributed by atoms with Crippen molar-refractivity contribution in [3.05, 3.63) is 34.3 Å². The fourth-order valence-electron chi connectivity index (χ4n) is 2.11. The van der Waals surface area contributed by atoms with Crippen LogP contribution in [0.2, 0.25) is 0 Å². The Kier molecular flexibility index (Phi) is 3.17. The predicted molar refractivity (Wildman–Crippen MR) is 65.4 cm³/mol. The molecule has 0 aromatic carbocycles. The van der Waals surface area contributed by atoms with Crippen molar-refractivity contribution < 1.29 is 0 Å². The third kappa shape index (κ3) is 1.83. The molecule has 0 spiro atoms. The van der Waals surface area contributed by atoms with Crippen molar-refractivity contribution in [2.45, 2.75) is 44.8 Å². The zero-order chi connectivity index (χ0) is 9.97. The van der Waals surface area contributed by atoms with Gasteiger partial charge >= 0.3 is 0 Å². The van der Waals surface area contributed by atoms with E-state index in [9.17, 15) is 0 Å². The van der Waals surface area contributed by atoms with Crippen LogP contribution in [0, 0.1) is 0 Å². The summed E-state index contributed by atoms with van der Waals surface area (Å²) in [6.07, 6.45) is 12.2. The monoisotopic (exact) mass is 206 g/mol. The summed E-state index contributed by atoms with van der Waals surface area (Å²) in [6, 6.07) is 0. The zero-order valence-electron chi connectivity index (χ0n) is 9.05. The smallest absolute Gasteiger partial charge is 0.0527 e. The molecule has 1 unspecified atom stereocenters. The third-order valence-electron chi connectivity index (χ3n) is 2.76. The van der Waals surface area contributed by atoms with Gasteiger partial charge in [0.15, 0.2) is 0 Å². The Hall–Kier alpha value is -0.430. The summed E-state index contributed by atoms with van der Waals surface area (Å²) in [6.45, 7) is 4.51. The maximum atomic E-state index is 2.43. The van der Waals surface area contributed by atoms with E-state index >= 15 is 0 Å². The lowest BCUT2D eigenvalue weighted by atomic mass is 10.1. The van der Waals surface area contributed by atoms with Gasteiger partial charge in [0.25, 0.3) is 0 Å². The molecule has 2 rings (SSSR count). The summed E-state index contributed by atoms with van der Waals surface area (Å²) in [7, 11) is 0. The van der Waals surface area contributed by atoms with Crippen molar-refractivity contribution in [3.8, 4) is 0 Å². The van der Waals surface area contributed by atoms with Gasteiger partial charge < -0.3 is 0 Å². The second kappa shape index (κ2) is 4.39. The summed E-state index contributed by atoms with van der Waals surface area (Å²) in [5.74, 6) is 0. The van der Waals surface area contributed by atoms with Gasteiger partial charge in [0.05, 0.1) is 5.25 Å². The van der Waals surface area contributed by atoms with Crippen molar-refractivity contribution in [1.82, 2.24) is 0 Å². The van der Waals surface area contributed by atoms with Gasteiger partial charge in [-0.05, 0) is 35.0 Å². The van der Waals surface area contributed by atoms with Crippen molar-refractivity contribution >= 4 is 11.8 Å². The Bertz CT molecular complexity index is 307. The van der Waals surface area contributed by atoms with Gasteiger partial charge in [-0.1, -0.05) is 38.8 Å². The first kappa shape index (κ1) is 10.1. The van der Waals surface area contributed by atoms with E-state index in [0.717, 1.165) is 0 Å². The summed E-state index contributed by atoms with van der Waals surface area (Å²) in [5.41, 5.74) is 3.18. The van der Waals surface area contributed by atoms with E-state index in [2.05, 4.69) is 43.8 Å². The maximum Gasteiger partial charge on any atom is 0.0527 e. The average molecular weight is 206 g/mol. The molecule has 1 heterocycles. The molecule has 0 nitrogen and oxygen atoms in total. The molecular weight excluding hydrogens is 188 g/mol. The van der Waals surface area contributed by atoms with Crippen molar-refractivity contribution in [2.75, 3.05) is 0 Å². The van der Waals surface area contributed by atoms with E-state index in [4.69, 9.17) is 0 Å². The molecular formula is C13H18S. The fourth-order valence-corrected chi connectivity index (χ4v) is 3.46. The highest BCUT2D eigenvalue weighted by Crippen LogP contribution is 2.44. The molecule has 0 bridgehead atoms. The lowest BCUT2D eigenvalue weighted by molar-refractivity contribution is 0.920. The first-order chi connectivity index (χ1) is 6.85. The lowest BCUT2D eigenvalue weighted by Crippen LogP contribution is -1.92. The Morgan fingerprint density at radius 1 is 1.21 bits per heavy atom. The molecule has 76 valence electrons. The SMILES string of the molecule is CCCC1=CC2=C(CCC)C=CC2S1. The largest absolute Gasteiger partial charge is 0.118 e. The molecule has 0 saturated heterocycles. The molecule has 0 saturated carbocycles. The van der Waals surface area contributed by atoms with Gasteiger partial charge in [-0.2, -0.15) is 0 Å². The minimum Gasteiger partial charge on any atom is -0.118 e. The Balaban J connectivity index is 2.14. The van der Waals surface area contributed by atoms with Crippen LogP contribution in [0.25, 0.3) is 0 Å². The molecule has 0 aromatic rings. The van der Waals surface area contributed by atoms with Crippen molar-refractivity contribution in [1.29, 1.82) is 0 Å². The van der Waals surface area contributed by atoms with E-state index in [1.807, 2.05) is 0 Å². The van der Waals surface area contributed by atoms with Gasteiger partial charge in [0, 0.05) is 0 Å². The quantitative estimate of drug-likeness (QED) is 0.654. The molecule has 1 aliphatic heterocycles. The van der Waals surface area contributed by atoms with E-state index in [1.165, 1.54) is 25.7 Å². The lowest BCUT2D eigenvalue weighted by Gasteiger charge is -2.02. The molecule has 0 aromatic heterocycles. The highest BCUT2D eigenvalue weighted by molar-refractivity contribution is 8.04. The van der Waals surface area contributed by atoms with Crippen LogP contribution < -0.4 is 0 Å². The fraction of sp³-hybridized carbons (Fsp3) is 0.538. The maximum absolute atomic E-state index is 2.43. The molecule has 0 fully saturated rings. The number of hydrogen-bond donors (Lipinski definition) is 0. The van der Waals surface area contributed by atoms with E-state index in [-0.39, 0.29) is 0 Å². The van der Waals surface area contributed by atoms with Crippen molar-refractivity contribution in [2.24, 2.45) is 0 Å². The number of fused-ring (bicyclic) bond motifs is 1. The Morgan fingerprint density at radius 3 is 2.71 bits per heavy atom. The van der Waals surface area contributed by atoms with Gasteiger partial charge in [-0.3, -0.25) is 0 Å². The van der Waals surface area contributed by atoms with Crippen LogP contribution in [0.15, 0.2) is 34.3 Å². The van der Waals surface area contributed by atoms with E-state index < -0.39 is 0 Å². The van der Waals surface area contributed by atoms with Crippen LogP contribution in [-0.4, -0.2) is 5.25 Å². The molecule has 0 radical (unpaired) electrons. The third-order valence-corrected chi connectivity index (χ3v) is 4.05. The normalized spacial score (nSPS) is 24.4. The van der Waals surface area contributed by atoms with Gasteiger partial charge in [0.1, 0.15) is 0 Å². The van der Waals surface area contributed by atoms with Crippen LogP contribution in [0.1, 0.15) is 39.5 Å². The first-order valence-electron chi connectivity index (χ1n) is 5.63. The number of thioether (sulfide) groups is 1. The standard InChI is InChI=1S/C13H18S/c1-3-5-10-7-8-13-12(10)9-11(14-13)6-4-2/h7-9,13H,3-6H2,1-2H3. The van der Waals surface area contributed by atoms with Gasteiger partial charge in [0.2, 0.25) is 0 Å². The summed E-state index contributed by atoms with van der Waals surface area (Å²) in [5, 5.41) is 0.665. The van der Waals surface area contributed by atoms with E-state index in [1.54, 1.807) is 16.1 Å². The Morgan fingerprint density at radius 2 is 2.00 bits per heavy atom. The second-order valence-corrected chi connectivity index (χ2v) is 5.26. The molecule has 0 N–H and O–H groups in total. The molecule has 1 aliphatic carbocycles. The van der Waals surface area contributed by atoms with Crippen LogP contribution in [-0.2, 0) is 0 Å². The average Bonchev–Trinajstić information content (AvgIpc) is 2.69. The first-order valence-corrected chi connectivity index (χ1v) is 6.51. The van der Waals surface area contributed by atoms with Crippen LogP contribution in [0.3, 0.4) is 0 Å². The molecule has 2 aliphatic rings. The summed E-state index contributed by atoms with van der Waals surface area (Å²) >= 11 is 2.05. The molecule has 1 atom stereocenters. The zero-order valence-corrected chi connectivity index (χ0v) is 9.86. The highest BCUT2D eigenvalue weighted by atomic mass is 32.2. The summed E-state index contributed by atoms with van der Waals surface area (Å²) in [4.78, 5) is 1.59.